The largest absolute Gasteiger partial charge is 0.375 e. The standard InChI is InChI=1S/C14H32N2O/c1-7-14(8-2,12-15)16(9-3)10-11-17-13(4,5)6/h7-12,15H2,1-6H3. The molecule has 2 N–H and O–H groups in total. The van der Waals surface area contributed by atoms with Gasteiger partial charge in [-0.2, -0.15) is 0 Å². The zero-order chi connectivity index (χ0) is 13.5. The summed E-state index contributed by atoms with van der Waals surface area (Å²) in [5.74, 6) is 0. The van der Waals surface area contributed by atoms with Crippen molar-refractivity contribution in [3.63, 3.8) is 0 Å². The van der Waals surface area contributed by atoms with Crippen LogP contribution in [0.5, 0.6) is 0 Å². The van der Waals surface area contributed by atoms with Crippen molar-refractivity contribution in [3.8, 4) is 0 Å². The number of nitrogens with zero attached hydrogens (tertiary/aromatic N) is 1. The lowest BCUT2D eigenvalue weighted by Gasteiger charge is -2.42. The molecule has 0 saturated carbocycles. The molecule has 0 fully saturated rings. The molecule has 0 aliphatic carbocycles. The van der Waals surface area contributed by atoms with Crippen LogP contribution in [0.15, 0.2) is 0 Å². The molecule has 0 aromatic rings. The smallest absolute Gasteiger partial charge is 0.0600 e. The van der Waals surface area contributed by atoms with E-state index >= 15 is 0 Å². The first-order chi connectivity index (χ1) is 7.85. The Hall–Kier alpha value is -0.120. The van der Waals surface area contributed by atoms with Crippen molar-refractivity contribution in [2.75, 3.05) is 26.2 Å². The van der Waals surface area contributed by atoms with Gasteiger partial charge in [-0.25, -0.2) is 0 Å². The Kier molecular flexibility index (Phi) is 7.29. The molecule has 0 radical (unpaired) electrons. The maximum atomic E-state index is 5.98. The lowest BCUT2D eigenvalue weighted by atomic mass is 9.90. The van der Waals surface area contributed by atoms with Crippen LogP contribution in [0.25, 0.3) is 0 Å². The van der Waals surface area contributed by atoms with Gasteiger partial charge in [0.15, 0.2) is 0 Å². The van der Waals surface area contributed by atoms with Gasteiger partial charge in [0.05, 0.1) is 12.2 Å². The van der Waals surface area contributed by atoms with Crippen LogP contribution in [0.3, 0.4) is 0 Å². The Labute approximate surface area is 108 Å². The molecule has 0 saturated heterocycles. The fraction of sp³-hybridized carbons (Fsp3) is 1.00. The Morgan fingerprint density at radius 3 is 1.88 bits per heavy atom. The van der Waals surface area contributed by atoms with Crippen LogP contribution in [0, 0.1) is 0 Å². The Morgan fingerprint density at radius 2 is 1.59 bits per heavy atom. The molecule has 0 aliphatic rings. The van der Waals surface area contributed by atoms with Gasteiger partial charge >= 0.3 is 0 Å². The van der Waals surface area contributed by atoms with Gasteiger partial charge in [-0.05, 0) is 40.2 Å². The van der Waals surface area contributed by atoms with Crippen molar-refractivity contribution in [1.29, 1.82) is 0 Å². The average Bonchev–Trinajstić information content (AvgIpc) is 2.28. The van der Waals surface area contributed by atoms with Crippen molar-refractivity contribution in [2.24, 2.45) is 5.73 Å². The van der Waals surface area contributed by atoms with Crippen LogP contribution in [0.4, 0.5) is 0 Å². The van der Waals surface area contributed by atoms with Gasteiger partial charge in [0.1, 0.15) is 0 Å². The number of nitrogens with two attached hydrogens (primary N) is 1. The summed E-state index contributed by atoms with van der Waals surface area (Å²) in [6.45, 7) is 16.4. The van der Waals surface area contributed by atoms with Crippen LogP contribution in [0.1, 0.15) is 54.4 Å². The van der Waals surface area contributed by atoms with Crippen LogP contribution in [0.2, 0.25) is 0 Å². The second-order valence-electron chi connectivity index (χ2n) is 5.68. The van der Waals surface area contributed by atoms with Gasteiger partial charge in [-0.15, -0.1) is 0 Å². The van der Waals surface area contributed by atoms with E-state index in [1.54, 1.807) is 0 Å². The van der Waals surface area contributed by atoms with Crippen molar-refractivity contribution in [3.05, 3.63) is 0 Å². The Morgan fingerprint density at radius 1 is 1.06 bits per heavy atom. The first-order valence-corrected chi connectivity index (χ1v) is 6.94. The van der Waals surface area contributed by atoms with E-state index in [0.29, 0.717) is 0 Å². The zero-order valence-electron chi connectivity index (χ0n) is 12.7. The molecule has 3 nitrogen and oxygen atoms in total. The third-order valence-corrected chi connectivity index (χ3v) is 3.65. The first kappa shape index (κ1) is 16.9. The lowest BCUT2D eigenvalue weighted by molar-refractivity contribution is -0.0288. The van der Waals surface area contributed by atoms with Crippen molar-refractivity contribution < 1.29 is 4.74 Å². The molecule has 0 bridgehead atoms. The third kappa shape index (κ3) is 5.36. The molecule has 0 aromatic heterocycles. The van der Waals surface area contributed by atoms with Crippen molar-refractivity contribution in [1.82, 2.24) is 4.90 Å². The van der Waals surface area contributed by atoms with Crippen molar-refractivity contribution >= 4 is 0 Å². The van der Waals surface area contributed by atoms with E-state index in [2.05, 4.69) is 46.4 Å². The predicted octanol–water partition coefficient (Wildman–Crippen LogP) is 2.64. The maximum absolute atomic E-state index is 5.98. The Balaban J connectivity index is 4.40. The summed E-state index contributed by atoms with van der Waals surface area (Å²) in [7, 11) is 0. The molecule has 0 rings (SSSR count). The molecule has 0 heterocycles. The fourth-order valence-corrected chi connectivity index (χ4v) is 2.31. The first-order valence-electron chi connectivity index (χ1n) is 6.94. The highest BCUT2D eigenvalue weighted by molar-refractivity contribution is 4.89. The quantitative estimate of drug-likeness (QED) is 0.713. The van der Waals surface area contributed by atoms with Gasteiger partial charge in [0.25, 0.3) is 0 Å². The minimum Gasteiger partial charge on any atom is -0.375 e. The SMILES string of the molecule is CCN(CCOC(C)(C)C)C(CC)(CC)CN. The van der Waals surface area contributed by atoms with E-state index in [-0.39, 0.29) is 11.1 Å². The second kappa shape index (κ2) is 7.34. The van der Waals surface area contributed by atoms with E-state index in [4.69, 9.17) is 10.5 Å². The van der Waals surface area contributed by atoms with Crippen LogP contribution in [-0.4, -0.2) is 42.3 Å². The van der Waals surface area contributed by atoms with Gasteiger partial charge in [0.2, 0.25) is 0 Å². The molecular weight excluding hydrogens is 212 g/mol. The summed E-state index contributed by atoms with van der Waals surface area (Å²) in [6.07, 6.45) is 2.20. The molecular formula is C14H32N2O. The Bertz CT molecular complexity index is 187. The summed E-state index contributed by atoms with van der Waals surface area (Å²) in [5, 5.41) is 0. The van der Waals surface area contributed by atoms with E-state index in [9.17, 15) is 0 Å². The number of hydrogen-bond donors (Lipinski definition) is 1. The molecule has 0 unspecified atom stereocenters. The number of ether oxygens (including phenoxy) is 1. The van der Waals surface area contributed by atoms with Crippen LogP contribution >= 0.6 is 0 Å². The third-order valence-electron chi connectivity index (χ3n) is 3.65. The van der Waals surface area contributed by atoms with E-state index < -0.39 is 0 Å². The highest BCUT2D eigenvalue weighted by Gasteiger charge is 2.30. The van der Waals surface area contributed by atoms with Crippen LogP contribution < -0.4 is 5.73 Å². The zero-order valence-corrected chi connectivity index (χ0v) is 12.7. The molecule has 0 atom stereocenters. The summed E-state index contributed by atoms with van der Waals surface area (Å²) in [5.41, 5.74) is 6.08. The van der Waals surface area contributed by atoms with Crippen LogP contribution in [-0.2, 0) is 4.74 Å². The van der Waals surface area contributed by atoms with Gasteiger partial charge in [-0.3, -0.25) is 4.90 Å². The van der Waals surface area contributed by atoms with E-state index in [0.717, 1.165) is 39.1 Å². The molecule has 3 heteroatoms. The molecule has 104 valence electrons. The number of likely N-dealkylation sites (N-methyl/N-ethyl adjacent to an activating group) is 1. The maximum Gasteiger partial charge on any atom is 0.0600 e. The fourth-order valence-electron chi connectivity index (χ4n) is 2.31. The highest BCUT2D eigenvalue weighted by Crippen LogP contribution is 2.22. The summed E-state index contributed by atoms with van der Waals surface area (Å²) < 4.78 is 5.81. The average molecular weight is 244 g/mol. The molecule has 17 heavy (non-hydrogen) atoms. The van der Waals surface area contributed by atoms with E-state index in [1.807, 2.05) is 0 Å². The number of hydrogen-bond acceptors (Lipinski definition) is 3. The lowest BCUT2D eigenvalue weighted by Crippen LogP contribution is -2.54. The predicted molar refractivity (Wildman–Crippen MR) is 75.3 cm³/mol. The van der Waals surface area contributed by atoms with Gasteiger partial charge in [0, 0.05) is 18.6 Å². The molecule has 0 aliphatic heterocycles. The normalized spacial score (nSPS) is 13.4. The molecule has 0 aromatic carbocycles. The second-order valence-corrected chi connectivity index (χ2v) is 5.68. The molecule has 0 spiro atoms. The molecule has 0 amide bonds. The van der Waals surface area contributed by atoms with E-state index in [1.165, 1.54) is 0 Å². The van der Waals surface area contributed by atoms with Gasteiger partial charge in [-0.1, -0.05) is 20.8 Å². The minimum atomic E-state index is -0.0524. The summed E-state index contributed by atoms with van der Waals surface area (Å²) >= 11 is 0. The monoisotopic (exact) mass is 244 g/mol. The highest BCUT2D eigenvalue weighted by atomic mass is 16.5. The minimum absolute atomic E-state index is 0.0524. The van der Waals surface area contributed by atoms with Gasteiger partial charge < -0.3 is 10.5 Å². The number of rotatable bonds is 8. The van der Waals surface area contributed by atoms with Crippen molar-refractivity contribution in [2.45, 2.75) is 65.5 Å². The summed E-state index contributed by atoms with van der Waals surface area (Å²) in [6, 6.07) is 0. The summed E-state index contributed by atoms with van der Waals surface area (Å²) in [4.78, 5) is 2.47. The topological polar surface area (TPSA) is 38.5 Å².